The smallest absolute Gasteiger partial charge is 0.322 e. The van der Waals surface area contributed by atoms with Crippen LogP contribution in [-0.2, 0) is 6.54 Å². The van der Waals surface area contributed by atoms with Crippen LogP contribution in [0.25, 0.3) is 0 Å². The van der Waals surface area contributed by atoms with Gasteiger partial charge in [-0.15, -0.1) is 0 Å². The lowest BCUT2D eigenvalue weighted by molar-refractivity contribution is -0.0328. The number of nitrogens with one attached hydrogen (secondary N) is 1. The lowest BCUT2D eigenvalue weighted by Gasteiger charge is -2.34. The largest absolute Gasteiger partial charge is 0.446 e. The molecule has 2 amide bonds. The summed E-state index contributed by atoms with van der Waals surface area (Å²) in [6, 6.07) is 13.5. The lowest BCUT2D eigenvalue weighted by Crippen LogP contribution is -2.47. The third kappa shape index (κ3) is 4.70. The molecule has 0 saturated heterocycles. The van der Waals surface area contributed by atoms with E-state index in [-0.39, 0.29) is 34.0 Å². The molecule has 4 rings (SSSR count). The molecule has 3 aromatic rings. The van der Waals surface area contributed by atoms with E-state index in [2.05, 4.69) is 10.4 Å². The Kier molecular flexibility index (Phi) is 5.86. The van der Waals surface area contributed by atoms with Crippen LogP contribution < -0.4 is 10.2 Å². The molecule has 1 aliphatic heterocycles. The summed E-state index contributed by atoms with van der Waals surface area (Å²) in [6.45, 7) is 2.09. The summed E-state index contributed by atoms with van der Waals surface area (Å²) in [5.41, 5.74) is -3.09. The molecule has 2 aromatic carbocycles. The third-order valence-corrected chi connectivity index (χ3v) is 5.72. The third-order valence-electron chi connectivity index (χ3n) is 4.98. The summed E-state index contributed by atoms with van der Waals surface area (Å²) in [5, 5.41) is 15.9. The molecular formula is C22H16F3N5O2S. The summed E-state index contributed by atoms with van der Waals surface area (Å²) < 4.78 is 39.3. The fourth-order valence-electron chi connectivity index (χ4n) is 3.61. The van der Waals surface area contributed by atoms with Gasteiger partial charge in [0.25, 0.3) is 11.8 Å². The minimum atomic E-state index is -4.41. The molecule has 1 unspecified atom stereocenters. The van der Waals surface area contributed by atoms with Crippen molar-refractivity contribution in [2.45, 2.75) is 29.9 Å². The summed E-state index contributed by atoms with van der Waals surface area (Å²) in [6.07, 6.45) is 1.30. The Morgan fingerprint density at radius 2 is 1.97 bits per heavy atom. The van der Waals surface area contributed by atoms with Crippen molar-refractivity contribution in [1.29, 1.82) is 5.26 Å². The van der Waals surface area contributed by atoms with Gasteiger partial charge in [-0.1, -0.05) is 6.07 Å². The normalized spacial score (nSPS) is 15.7. The van der Waals surface area contributed by atoms with Gasteiger partial charge in [-0.2, -0.15) is 23.5 Å². The Bertz CT molecular complexity index is 1260. The number of alkyl halides is 3. The topological polar surface area (TPSA) is 91.0 Å². The van der Waals surface area contributed by atoms with E-state index in [1.54, 1.807) is 25.1 Å². The van der Waals surface area contributed by atoms with E-state index in [4.69, 9.17) is 5.26 Å². The highest BCUT2D eigenvalue weighted by molar-refractivity contribution is 8.00. The van der Waals surface area contributed by atoms with Crippen LogP contribution in [0, 0.1) is 11.3 Å². The van der Waals surface area contributed by atoms with E-state index in [9.17, 15) is 22.8 Å². The average molecular weight is 471 g/mol. The van der Waals surface area contributed by atoms with Gasteiger partial charge in [0.05, 0.1) is 36.0 Å². The lowest BCUT2D eigenvalue weighted by atomic mass is 10.1. The number of fused-ring (bicyclic) bond motifs is 1. The van der Waals surface area contributed by atoms with Gasteiger partial charge in [-0.25, -0.2) is 0 Å². The van der Waals surface area contributed by atoms with Crippen molar-refractivity contribution in [3.63, 3.8) is 0 Å². The van der Waals surface area contributed by atoms with Crippen molar-refractivity contribution in [3.8, 4) is 6.07 Å². The van der Waals surface area contributed by atoms with Crippen LogP contribution in [0.5, 0.6) is 0 Å². The molecule has 0 radical (unpaired) electrons. The van der Waals surface area contributed by atoms with Crippen LogP contribution in [0.2, 0.25) is 0 Å². The molecule has 168 valence electrons. The molecule has 7 nitrogen and oxygen atoms in total. The van der Waals surface area contributed by atoms with Gasteiger partial charge in [-0.05, 0) is 61.2 Å². The second-order valence-electron chi connectivity index (χ2n) is 7.30. The maximum Gasteiger partial charge on any atom is 0.446 e. The number of carbonyl (C=O) groups excluding carboxylic acids is 2. The van der Waals surface area contributed by atoms with Crippen LogP contribution in [0.15, 0.2) is 59.6 Å². The van der Waals surface area contributed by atoms with Crippen molar-refractivity contribution in [1.82, 2.24) is 9.78 Å². The summed E-state index contributed by atoms with van der Waals surface area (Å²) >= 11 is -0.233. The first-order chi connectivity index (χ1) is 15.7. The fraction of sp³-hybridized carbons (Fsp3) is 0.182. The van der Waals surface area contributed by atoms with E-state index in [0.29, 0.717) is 23.5 Å². The molecule has 1 atom stereocenters. The number of benzene rings is 2. The van der Waals surface area contributed by atoms with Crippen molar-refractivity contribution < 1.29 is 22.8 Å². The van der Waals surface area contributed by atoms with Gasteiger partial charge in [0.15, 0.2) is 0 Å². The SMILES string of the molecule is CC1Cn2ncc(C(=O)Nc3cccc(C#N)c3)c2C(=O)N1c1ccc(SC(F)(F)F)cc1. The van der Waals surface area contributed by atoms with Crippen LogP contribution in [0.4, 0.5) is 24.5 Å². The van der Waals surface area contributed by atoms with E-state index < -0.39 is 17.3 Å². The Labute approximate surface area is 190 Å². The Hall–Kier alpha value is -3.78. The number of halogens is 3. The Balaban J connectivity index is 1.60. The Morgan fingerprint density at radius 3 is 2.64 bits per heavy atom. The number of amides is 2. The fourth-order valence-corrected chi connectivity index (χ4v) is 4.15. The molecule has 0 bridgehead atoms. The highest BCUT2D eigenvalue weighted by atomic mass is 32.2. The van der Waals surface area contributed by atoms with Crippen molar-refractivity contribution in [2.24, 2.45) is 0 Å². The van der Waals surface area contributed by atoms with Gasteiger partial charge in [0, 0.05) is 16.3 Å². The van der Waals surface area contributed by atoms with Gasteiger partial charge in [0.2, 0.25) is 0 Å². The monoisotopic (exact) mass is 471 g/mol. The number of aromatic nitrogens is 2. The zero-order chi connectivity index (χ0) is 23.8. The molecule has 0 saturated carbocycles. The predicted octanol–water partition coefficient (Wildman–Crippen LogP) is 4.67. The summed E-state index contributed by atoms with van der Waals surface area (Å²) in [4.78, 5) is 27.6. The Morgan fingerprint density at radius 1 is 1.24 bits per heavy atom. The van der Waals surface area contributed by atoms with Crippen LogP contribution in [-0.4, -0.2) is 33.1 Å². The number of hydrogen-bond acceptors (Lipinski definition) is 5. The standard InChI is InChI=1S/C22H16F3N5O2S/c1-13-12-29-19(18(11-27-29)20(31)28-15-4-2-3-14(9-15)10-26)21(32)30(13)16-5-7-17(8-6-16)33-22(23,24)25/h2-9,11,13H,12H2,1H3,(H,28,31). The van der Waals surface area contributed by atoms with Crippen LogP contribution >= 0.6 is 11.8 Å². The van der Waals surface area contributed by atoms with E-state index in [1.165, 1.54) is 46.1 Å². The van der Waals surface area contributed by atoms with Gasteiger partial charge in [0.1, 0.15) is 5.69 Å². The molecule has 1 aromatic heterocycles. The van der Waals surface area contributed by atoms with Gasteiger partial charge < -0.3 is 10.2 Å². The number of anilines is 2. The number of nitriles is 1. The molecule has 0 aliphatic carbocycles. The second kappa shape index (κ2) is 8.63. The molecule has 1 N–H and O–H groups in total. The van der Waals surface area contributed by atoms with Crippen LogP contribution in [0.1, 0.15) is 33.3 Å². The number of nitrogens with zero attached hydrogens (tertiary/aromatic N) is 4. The highest BCUT2D eigenvalue weighted by Crippen LogP contribution is 2.38. The quantitative estimate of drug-likeness (QED) is 0.559. The van der Waals surface area contributed by atoms with E-state index in [0.717, 1.165) is 0 Å². The minimum absolute atomic E-state index is 0.00747. The zero-order valence-electron chi connectivity index (χ0n) is 17.1. The molecule has 0 spiro atoms. The maximum absolute atomic E-state index is 13.3. The first-order valence-corrected chi connectivity index (χ1v) is 10.5. The molecule has 33 heavy (non-hydrogen) atoms. The predicted molar refractivity (Wildman–Crippen MR) is 116 cm³/mol. The summed E-state index contributed by atoms with van der Waals surface area (Å²) in [5.74, 6) is -1.05. The highest BCUT2D eigenvalue weighted by Gasteiger charge is 2.36. The van der Waals surface area contributed by atoms with E-state index >= 15 is 0 Å². The zero-order valence-corrected chi connectivity index (χ0v) is 17.9. The molecular weight excluding hydrogens is 455 g/mol. The van der Waals surface area contributed by atoms with Gasteiger partial charge in [-0.3, -0.25) is 14.3 Å². The minimum Gasteiger partial charge on any atom is -0.322 e. The second-order valence-corrected chi connectivity index (χ2v) is 8.44. The summed E-state index contributed by atoms with van der Waals surface area (Å²) in [7, 11) is 0. The van der Waals surface area contributed by atoms with Crippen LogP contribution in [0.3, 0.4) is 0 Å². The van der Waals surface area contributed by atoms with E-state index in [1.807, 2.05) is 6.07 Å². The maximum atomic E-state index is 13.3. The molecule has 0 fully saturated rings. The molecule has 11 heteroatoms. The first kappa shape index (κ1) is 22.4. The van der Waals surface area contributed by atoms with Crippen molar-refractivity contribution in [3.05, 3.63) is 71.5 Å². The molecule has 2 heterocycles. The first-order valence-electron chi connectivity index (χ1n) is 9.73. The average Bonchev–Trinajstić information content (AvgIpc) is 3.18. The molecule has 1 aliphatic rings. The number of hydrogen-bond donors (Lipinski definition) is 1. The van der Waals surface area contributed by atoms with Crippen molar-refractivity contribution in [2.75, 3.05) is 10.2 Å². The van der Waals surface area contributed by atoms with Gasteiger partial charge >= 0.3 is 5.51 Å². The van der Waals surface area contributed by atoms with Crippen molar-refractivity contribution >= 4 is 35.0 Å². The number of thioether (sulfide) groups is 1. The number of rotatable bonds is 4. The number of carbonyl (C=O) groups is 2.